The molecule has 2 rings (SSSR count). The smallest absolute Gasteiger partial charge is 0.150 e. The van der Waals surface area contributed by atoms with Crippen molar-refractivity contribution < 1.29 is 4.79 Å². The Balaban J connectivity index is 2.80. The predicted molar refractivity (Wildman–Crippen MR) is 80.9 cm³/mol. The number of carbonyl (C=O) groups excluding carboxylic acids is 1. The standard InChI is InChI=1S/C18H26O/c1-11-8-15-16(9-14(11)10-19)18(6,7)13(3)12(2)17(15,4)5/h8-10,12-13H,1-7H3/t12-,13?/m0/s1. The van der Waals surface area contributed by atoms with Crippen LogP contribution in [0.2, 0.25) is 0 Å². The third-order valence-electron chi connectivity index (χ3n) is 5.95. The van der Waals surface area contributed by atoms with E-state index in [9.17, 15) is 4.79 Å². The summed E-state index contributed by atoms with van der Waals surface area (Å²) in [7, 11) is 0. The molecule has 0 bridgehead atoms. The Labute approximate surface area is 117 Å². The van der Waals surface area contributed by atoms with E-state index in [0.29, 0.717) is 11.8 Å². The maximum Gasteiger partial charge on any atom is 0.150 e. The van der Waals surface area contributed by atoms with Crippen LogP contribution in [0.4, 0.5) is 0 Å². The van der Waals surface area contributed by atoms with Crippen LogP contribution in [0, 0.1) is 18.8 Å². The molecule has 0 spiro atoms. The van der Waals surface area contributed by atoms with Crippen LogP contribution in [0.3, 0.4) is 0 Å². The van der Waals surface area contributed by atoms with Crippen LogP contribution >= 0.6 is 0 Å². The van der Waals surface area contributed by atoms with Gasteiger partial charge in [0.2, 0.25) is 0 Å². The third-order valence-corrected chi connectivity index (χ3v) is 5.95. The minimum Gasteiger partial charge on any atom is -0.298 e. The number of hydrogen-bond acceptors (Lipinski definition) is 1. The molecule has 0 amide bonds. The van der Waals surface area contributed by atoms with Gasteiger partial charge in [0, 0.05) is 5.56 Å². The number of carbonyl (C=O) groups is 1. The van der Waals surface area contributed by atoms with E-state index in [1.54, 1.807) is 0 Å². The lowest BCUT2D eigenvalue weighted by Crippen LogP contribution is -2.46. The van der Waals surface area contributed by atoms with Crippen LogP contribution in [0.1, 0.15) is 68.6 Å². The van der Waals surface area contributed by atoms with Crippen LogP contribution in [-0.2, 0) is 10.8 Å². The van der Waals surface area contributed by atoms with E-state index in [4.69, 9.17) is 0 Å². The van der Waals surface area contributed by atoms with Gasteiger partial charge in [0.15, 0.2) is 0 Å². The molecule has 1 aliphatic carbocycles. The molecule has 1 unspecified atom stereocenters. The maximum atomic E-state index is 11.2. The highest BCUT2D eigenvalue weighted by Crippen LogP contribution is 2.52. The molecule has 0 aromatic heterocycles. The Bertz CT molecular complexity index is 523. The zero-order valence-electron chi connectivity index (χ0n) is 13.3. The molecule has 1 aromatic carbocycles. The summed E-state index contributed by atoms with van der Waals surface area (Å²) in [6.07, 6.45) is 0.987. The summed E-state index contributed by atoms with van der Waals surface area (Å²) in [5.74, 6) is 1.22. The summed E-state index contributed by atoms with van der Waals surface area (Å²) in [5, 5.41) is 0. The van der Waals surface area contributed by atoms with E-state index in [1.165, 1.54) is 11.1 Å². The van der Waals surface area contributed by atoms with Gasteiger partial charge in [-0.2, -0.15) is 0 Å². The molecular weight excluding hydrogens is 232 g/mol. The van der Waals surface area contributed by atoms with Crippen LogP contribution in [-0.4, -0.2) is 6.29 Å². The monoisotopic (exact) mass is 258 g/mol. The molecule has 0 heterocycles. The van der Waals surface area contributed by atoms with Gasteiger partial charge in [-0.1, -0.05) is 47.6 Å². The Kier molecular flexibility index (Phi) is 3.16. The molecule has 1 aliphatic rings. The van der Waals surface area contributed by atoms with Gasteiger partial charge in [0.25, 0.3) is 0 Å². The van der Waals surface area contributed by atoms with Crippen LogP contribution in [0.15, 0.2) is 12.1 Å². The molecule has 1 heteroatoms. The van der Waals surface area contributed by atoms with E-state index in [1.807, 2.05) is 6.92 Å². The first-order chi connectivity index (χ1) is 8.64. The largest absolute Gasteiger partial charge is 0.298 e. The lowest BCUT2D eigenvalue weighted by molar-refractivity contribution is 0.112. The van der Waals surface area contributed by atoms with Crippen molar-refractivity contribution in [2.45, 2.75) is 59.3 Å². The minimum atomic E-state index is 0.121. The van der Waals surface area contributed by atoms with Crippen molar-refractivity contribution >= 4 is 6.29 Å². The Morgan fingerprint density at radius 3 is 1.79 bits per heavy atom. The zero-order valence-corrected chi connectivity index (χ0v) is 13.3. The molecule has 1 nitrogen and oxygen atoms in total. The zero-order chi connectivity index (χ0) is 14.6. The van der Waals surface area contributed by atoms with Gasteiger partial charge in [-0.25, -0.2) is 0 Å². The van der Waals surface area contributed by atoms with E-state index in [-0.39, 0.29) is 10.8 Å². The highest BCUT2D eigenvalue weighted by Gasteiger charge is 2.47. The fraction of sp³-hybridized carbons (Fsp3) is 0.611. The quantitative estimate of drug-likeness (QED) is 0.670. The first kappa shape index (κ1) is 14.3. The van der Waals surface area contributed by atoms with Crippen molar-refractivity contribution in [3.05, 3.63) is 34.4 Å². The average Bonchev–Trinajstić information content (AvgIpc) is 2.34. The van der Waals surface area contributed by atoms with Gasteiger partial charge in [-0.15, -0.1) is 0 Å². The summed E-state index contributed by atoms with van der Waals surface area (Å²) in [4.78, 5) is 11.2. The van der Waals surface area contributed by atoms with Gasteiger partial charge in [-0.3, -0.25) is 4.79 Å². The Morgan fingerprint density at radius 1 is 0.947 bits per heavy atom. The van der Waals surface area contributed by atoms with Crippen molar-refractivity contribution in [1.82, 2.24) is 0 Å². The molecule has 2 atom stereocenters. The summed E-state index contributed by atoms with van der Waals surface area (Å²) >= 11 is 0. The molecule has 104 valence electrons. The molecule has 0 saturated carbocycles. The number of aryl methyl sites for hydroxylation is 1. The summed E-state index contributed by atoms with van der Waals surface area (Å²) in [6.45, 7) is 16.0. The number of aldehydes is 1. The number of benzene rings is 1. The van der Waals surface area contributed by atoms with E-state index < -0.39 is 0 Å². The second-order valence-electron chi connectivity index (χ2n) is 7.39. The van der Waals surface area contributed by atoms with Gasteiger partial charge in [-0.05, 0) is 52.3 Å². The maximum absolute atomic E-state index is 11.2. The fourth-order valence-corrected chi connectivity index (χ4v) is 3.66. The topological polar surface area (TPSA) is 17.1 Å². The lowest BCUT2D eigenvalue weighted by atomic mass is 9.53. The number of rotatable bonds is 1. The van der Waals surface area contributed by atoms with Crippen molar-refractivity contribution in [3.63, 3.8) is 0 Å². The normalized spacial score (nSPS) is 27.7. The van der Waals surface area contributed by atoms with Gasteiger partial charge in [0.1, 0.15) is 6.29 Å². The van der Waals surface area contributed by atoms with Crippen LogP contribution in [0.5, 0.6) is 0 Å². The highest BCUT2D eigenvalue weighted by atomic mass is 16.1. The van der Waals surface area contributed by atoms with Gasteiger partial charge < -0.3 is 0 Å². The Morgan fingerprint density at radius 2 is 1.37 bits per heavy atom. The number of fused-ring (bicyclic) bond motifs is 1. The Hall–Kier alpha value is -1.11. The first-order valence-corrected chi connectivity index (χ1v) is 7.24. The second-order valence-corrected chi connectivity index (χ2v) is 7.39. The van der Waals surface area contributed by atoms with E-state index in [2.05, 4.69) is 53.7 Å². The molecule has 0 radical (unpaired) electrons. The minimum absolute atomic E-state index is 0.121. The molecule has 0 fully saturated rings. The molecular formula is C18H26O. The average molecular weight is 258 g/mol. The van der Waals surface area contributed by atoms with Gasteiger partial charge in [0.05, 0.1) is 0 Å². The SMILES string of the molecule is Cc1cc2c(cc1C=O)C(C)(C)C(C)[C@H](C)C2(C)C. The third kappa shape index (κ3) is 1.86. The molecule has 0 saturated heterocycles. The van der Waals surface area contributed by atoms with Crippen molar-refractivity contribution in [1.29, 1.82) is 0 Å². The van der Waals surface area contributed by atoms with E-state index >= 15 is 0 Å². The van der Waals surface area contributed by atoms with Crippen molar-refractivity contribution in [2.24, 2.45) is 11.8 Å². The number of hydrogen-bond donors (Lipinski definition) is 0. The lowest BCUT2D eigenvalue weighted by Gasteiger charge is -2.51. The predicted octanol–water partition coefficient (Wildman–Crippen LogP) is 4.65. The molecule has 0 N–H and O–H groups in total. The summed E-state index contributed by atoms with van der Waals surface area (Å²) in [5.41, 5.74) is 5.00. The summed E-state index contributed by atoms with van der Waals surface area (Å²) < 4.78 is 0. The van der Waals surface area contributed by atoms with Crippen molar-refractivity contribution in [2.75, 3.05) is 0 Å². The molecule has 0 aliphatic heterocycles. The summed E-state index contributed by atoms with van der Waals surface area (Å²) in [6, 6.07) is 4.37. The molecule has 1 aromatic rings. The van der Waals surface area contributed by atoms with Crippen LogP contribution < -0.4 is 0 Å². The fourth-order valence-electron chi connectivity index (χ4n) is 3.66. The molecule has 19 heavy (non-hydrogen) atoms. The van der Waals surface area contributed by atoms with Crippen molar-refractivity contribution in [3.8, 4) is 0 Å². The first-order valence-electron chi connectivity index (χ1n) is 7.24. The van der Waals surface area contributed by atoms with Gasteiger partial charge >= 0.3 is 0 Å². The van der Waals surface area contributed by atoms with E-state index in [0.717, 1.165) is 17.4 Å². The highest BCUT2D eigenvalue weighted by molar-refractivity contribution is 5.78. The second kappa shape index (κ2) is 4.19. The van der Waals surface area contributed by atoms with Crippen LogP contribution in [0.25, 0.3) is 0 Å².